The summed E-state index contributed by atoms with van der Waals surface area (Å²) in [6.07, 6.45) is 0.863. The Morgan fingerprint density at radius 1 is 1.38 bits per heavy atom. The number of fused-ring (bicyclic) bond motifs is 1. The molecule has 1 amide bonds. The number of aromatic amines is 1. The van der Waals surface area contributed by atoms with Crippen molar-refractivity contribution in [3.8, 4) is 5.75 Å². The Bertz CT molecular complexity index is 909. The third-order valence-electron chi connectivity index (χ3n) is 4.63. The van der Waals surface area contributed by atoms with E-state index in [0.717, 1.165) is 28.9 Å². The Balaban J connectivity index is 1.49. The molecule has 0 saturated heterocycles. The molecular formula is C17H19N5O2. The Morgan fingerprint density at radius 3 is 2.83 bits per heavy atom. The summed E-state index contributed by atoms with van der Waals surface area (Å²) in [5, 5.41) is 15.3. The number of ether oxygens (including phenoxy) is 1. The van der Waals surface area contributed by atoms with Gasteiger partial charge in [-0.3, -0.25) is 9.89 Å². The molecule has 2 atom stereocenters. The lowest BCUT2D eigenvalue weighted by Gasteiger charge is -2.04. The van der Waals surface area contributed by atoms with E-state index in [1.54, 1.807) is 11.8 Å². The Hall–Kier alpha value is -2.83. The van der Waals surface area contributed by atoms with Crippen LogP contribution in [0.4, 0.5) is 5.82 Å². The minimum absolute atomic E-state index is 0.00581. The highest BCUT2D eigenvalue weighted by Crippen LogP contribution is 2.48. The van der Waals surface area contributed by atoms with Crippen LogP contribution in [0, 0.1) is 12.8 Å². The predicted octanol–water partition coefficient (Wildman–Crippen LogP) is 2.36. The Morgan fingerprint density at radius 2 is 2.12 bits per heavy atom. The number of amides is 1. The molecule has 24 heavy (non-hydrogen) atoms. The van der Waals surface area contributed by atoms with Gasteiger partial charge in [-0.05, 0) is 37.0 Å². The van der Waals surface area contributed by atoms with Crippen molar-refractivity contribution in [3.63, 3.8) is 0 Å². The van der Waals surface area contributed by atoms with Crippen LogP contribution >= 0.6 is 0 Å². The molecule has 7 nitrogen and oxygen atoms in total. The van der Waals surface area contributed by atoms with Crippen molar-refractivity contribution in [2.24, 2.45) is 13.0 Å². The van der Waals surface area contributed by atoms with Gasteiger partial charge in [-0.15, -0.1) is 0 Å². The fourth-order valence-electron chi connectivity index (χ4n) is 3.24. The number of nitrogens with one attached hydrogen (secondary N) is 2. The highest BCUT2D eigenvalue weighted by molar-refractivity contribution is 6.02. The first-order valence-electron chi connectivity index (χ1n) is 7.91. The monoisotopic (exact) mass is 325 g/mol. The zero-order valence-electron chi connectivity index (χ0n) is 13.8. The zero-order chi connectivity index (χ0) is 16.8. The predicted molar refractivity (Wildman–Crippen MR) is 90.1 cm³/mol. The number of benzene rings is 1. The summed E-state index contributed by atoms with van der Waals surface area (Å²) in [5.74, 6) is 1.73. The fraction of sp³-hybridized carbons (Fsp3) is 0.353. The van der Waals surface area contributed by atoms with Gasteiger partial charge < -0.3 is 10.1 Å². The van der Waals surface area contributed by atoms with E-state index < -0.39 is 0 Å². The normalized spacial score (nSPS) is 19.5. The number of nitrogens with zero attached hydrogens (tertiary/aromatic N) is 3. The van der Waals surface area contributed by atoms with Gasteiger partial charge in [-0.1, -0.05) is 12.1 Å². The van der Waals surface area contributed by atoms with E-state index >= 15 is 0 Å². The summed E-state index contributed by atoms with van der Waals surface area (Å²) in [5.41, 5.74) is 2.76. The number of hydrogen-bond donors (Lipinski definition) is 2. The Kier molecular flexibility index (Phi) is 3.30. The molecule has 0 spiro atoms. The van der Waals surface area contributed by atoms with Crippen molar-refractivity contribution in [2.45, 2.75) is 19.3 Å². The number of carbonyl (C=O) groups excluding carboxylic acids is 1. The average molecular weight is 325 g/mol. The number of carbonyl (C=O) groups is 1. The Labute approximate surface area is 139 Å². The molecule has 7 heteroatoms. The van der Waals surface area contributed by atoms with Crippen molar-refractivity contribution >= 4 is 22.8 Å². The molecule has 0 unspecified atom stereocenters. The number of methoxy groups -OCH3 is 1. The zero-order valence-corrected chi connectivity index (χ0v) is 13.8. The van der Waals surface area contributed by atoms with E-state index in [0.29, 0.717) is 5.82 Å². The lowest BCUT2D eigenvalue weighted by molar-refractivity contribution is -0.117. The minimum Gasteiger partial charge on any atom is -0.497 e. The van der Waals surface area contributed by atoms with Gasteiger partial charge in [0.2, 0.25) is 5.91 Å². The van der Waals surface area contributed by atoms with Crippen LogP contribution in [0.1, 0.15) is 23.6 Å². The maximum absolute atomic E-state index is 12.5. The molecule has 3 aromatic rings. The van der Waals surface area contributed by atoms with Crippen LogP contribution in [0.2, 0.25) is 0 Å². The summed E-state index contributed by atoms with van der Waals surface area (Å²) in [4.78, 5) is 12.5. The number of rotatable bonds is 4. The molecule has 0 bridgehead atoms. The van der Waals surface area contributed by atoms with E-state index in [1.165, 1.54) is 5.56 Å². The summed E-state index contributed by atoms with van der Waals surface area (Å²) >= 11 is 0. The van der Waals surface area contributed by atoms with E-state index in [9.17, 15) is 4.79 Å². The van der Waals surface area contributed by atoms with Crippen LogP contribution < -0.4 is 10.1 Å². The lowest BCUT2D eigenvalue weighted by atomic mass is 10.1. The maximum atomic E-state index is 12.5. The van der Waals surface area contributed by atoms with Crippen LogP contribution in [-0.4, -0.2) is 33.0 Å². The summed E-state index contributed by atoms with van der Waals surface area (Å²) in [6, 6.07) is 7.91. The first kappa shape index (κ1) is 14.7. The largest absolute Gasteiger partial charge is 0.497 e. The van der Waals surface area contributed by atoms with Gasteiger partial charge in [0, 0.05) is 13.0 Å². The van der Waals surface area contributed by atoms with E-state index in [2.05, 4.69) is 20.6 Å². The first-order valence-corrected chi connectivity index (χ1v) is 7.91. The van der Waals surface area contributed by atoms with E-state index in [1.807, 2.05) is 38.2 Å². The van der Waals surface area contributed by atoms with Gasteiger partial charge in [-0.2, -0.15) is 10.2 Å². The highest BCUT2D eigenvalue weighted by atomic mass is 16.5. The van der Waals surface area contributed by atoms with Gasteiger partial charge in [0.15, 0.2) is 5.65 Å². The molecule has 1 fully saturated rings. The molecule has 124 valence electrons. The van der Waals surface area contributed by atoms with Crippen molar-refractivity contribution in [1.29, 1.82) is 0 Å². The number of hydrogen-bond acceptors (Lipinski definition) is 4. The van der Waals surface area contributed by atoms with E-state index in [-0.39, 0.29) is 17.7 Å². The van der Waals surface area contributed by atoms with Crippen molar-refractivity contribution in [3.05, 3.63) is 35.5 Å². The summed E-state index contributed by atoms with van der Waals surface area (Å²) < 4.78 is 6.87. The maximum Gasteiger partial charge on any atom is 0.229 e. The summed E-state index contributed by atoms with van der Waals surface area (Å²) in [7, 11) is 3.48. The SMILES string of the molecule is COc1ccc([C@@H]2C[C@H]2C(=O)Nc2[nH]nc3c2c(C)nn3C)cc1. The topological polar surface area (TPSA) is 84.8 Å². The molecule has 1 saturated carbocycles. The van der Waals surface area contributed by atoms with Crippen LogP contribution in [0.5, 0.6) is 5.75 Å². The molecule has 2 aromatic heterocycles. The van der Waals surface area contributed by atoms with Crippen LogP contribution in [0.15, 0.2) is 24.3 Å². The van der Waals surface area contributed by atoms with Gasteiger partial charge >= 0.3 is 0 Å². The molecule has 1 aliphatic rings. The second-order valence-electron chi connectivity index (χ2n) is 6.22. The highest BCUT2D eigenvalue weighted by Gasteiger charge is 2.44. The number of aromatic nitrogens is 4. The lowest BCUT2D eigenvalue weighted by Crippen LogP contribution is -2.15. The quantitative estimate of drug-likeness (QED) is 0.771. The average Bonchev–Trinajstić information content (AvgIpc) is 3.20. The number of H-pyrrole nitrogens is 1. The third-order valence-corrected chi connectivity index (χ3v) is 4.63. The molecule has 1 aromatic carbocycles. The number of anilines is 1. The standard InChI is InChI=1S/C17H19N5O2/c1-9-14-15(19-20-16(14)22(2)21-9)18-17(23)13-8-12(13)10-4-6-11(24-3)7-5-10/h4-7,12-13H,8H2,1-3H3,(H2,18,19,20,23)/t12-,13+/m0/s1. The second kappa shape index (κ2) is 5.36. The van der Waals surface area contributed by atoms with Gasteiger partial charge in [0.25, 0.3) is 0 Å². The van der Waals surface area contributed by atoms with Crippen molar-refractivity contribution in [2.75, 3.05) is 12.4 Å². The number of aryl methyl sites for hydroxylation is 2. The molecule has 0 radical (unpaired) electrons. The van der Waals surface area contributed by atoms with Crippen LogP contribution in [0.3, 0.4) is 0 Å². The van der Waals surface area contributed by atoms with Gasteiger partial charge in [0.1, 0.15) is 11.6 Å². The second-order valence-corrected chi connectivity index (χ2v) is 6.22. The minimum atomic E-state index is -0.00581. The van der Waals surface area contributed by atoms with Crippen LogP contribution in [0.25, 0.3) is 11.0 Å². The van der Waals surface area contributed by atoms with E-state index in [4.69, 9.17) is 4.74 Å². The molecule has 0 aliphatic heterocycles. The van der Waals surface area contributed by atoms with Crippen LogP contribution in [-0.2, 0) is 11.8 Å². The third kappa shape index (κ3) is 2.33. The van der Waals surface area contributed by atoms with Gasteiger partial charge in [-0.25, -0.2) is 4.68 Å². The molecule has 4 rings (SSSR count). The van der Waals surface area contributed by atoms with Crippen molar-refractivity contribution < 1.29 is 9.53 Å². The molecule has 2 heterocycles. The molecule has 1 aliphatic carbocycles. The molecule has 2 N–H and O–H groups in total. The smallest absolute Gasteiger partial charge is 0.229 e. The van der Waals surface area contributed by atoms with Crippen molar-refractivity contribution in [1.82, 2.24) is 20.0 Å². The fourth-order valence-corrected chi connectivity index (χ4v) is 3.24. The first-order chi connectivity index (χ1) is 11.6. The van der Waals surface area contributed by atoms with Gasteiger partial charge in [0.05, 0.1) is 18.2 Å². The molecular weight excluding hydrogens is 306 g/mol. The summed E-state index contributed by atoms with van der Waals surface area (Å²) in [6.45, 7) is 1.91.